The van der Waals surface area contributed by atoms with E-state index < -0.39 is 0 Å². The first-order valence-electron chi connectivity index (χ1n) is 13.8. The van der Waals surface area contributed by atoms with Crippen LogP contribution in [0.1, 0.15) is 64.2 Å². The fourth-order valence-electron chi connectivity index (χ4n) is 6.40. The van der Waals surface area contributed by atoms with Crippen molar-refractivity contribution in [2.24, 2.45) is 11.8 Å². The number of hydrogen-bond donors (Lipinski definition) is 1. The molecule has 0 atom stereocenters. The van der Waals surface area contributed by atoms with Gasteiger partial charge in [0.25, 0.3) is 0 Å². The number of nitrogens with one attached hydrogen (secondary N) is 1. The van der Waals surface area contributed by atoms with Crippen molar-refractivity contribution in [2.75, 3.05) is 44.7 Å². The molecule has 2 aromatic rings. The number of carbonyl (C=O) groups is 1. The Hall–Kier alpha value is -2.12. The predicted octanol–water partition coefficient (Wildman–Crippen LogP) is 4.61. The SMILES string of the molecule is COC1CCC(CC(=O)NC2CCC(CCN3CCN(c4nccc5occc45)CC3)CC2)CC1. The van der Waals surface area contributed by atoms with Crippen LogP contribution in [0.15, 0.2) is 29.0 Å². The highest BCUT2D eigenvalue weighted by molar-refractivity contribution is 5.88. The van der Waals surface area contributed by atoms with E-state index in [0.717, 1.165) is 87.4 Å². The highest BCUT2D eigenvalue weighted by Crippen LogP contribution is 2.30. The molecule has 35 heavy (non-hydrogen) atoms. The molecule has 7 heteroatoms. The summed E-state index contributed by atoms with van der Waals surface area (Å²) in [6, 6.07) is 4.34. The lowest BCUT2D eigenvalue weighted by Gasteiger charge is -2.37. The molecule has 2 aromatic heterocycles. The number of aromatic nitrogens is 1. The molecule has 7 nitrogen and oxygen atoms in total. The quantitative estimate of drug-likeness (QED) is 0.593. The molecule has 2 aliphatic carbocycles. The molecule has 3 aliphatic rings. The van der Waals surface area contributed by atoms with Gasteiger partial charge in [-0.05, 0) is 88.3 Å². The van der Waals surface area contributed by atoms with E-state index in [2.05, 4.69) is 20.1 Å². The zero-order valence-corrected chi connectivity index (χ0v) is 21.3. The maximum absolute atomic E-state index is 12.6. The first-order chi connectivity index (χ1) is 17.2. The number of pyridine rings is 1. The van der Waals surface area contributed by atoms with Gasteiger partial charge in [-0.15, -0.1) is 0 Å². The van der Waals surface area contributed by atoms with Crippen LogP contribution >= 0.6 is 0 Å². The minimum atomic E-state index is 0.271. The number of furan rings is 1. The van der Waals surface area contributed by atoms with Crippen LogP contribution < -0.4 is 10.2 Å². The fourth-order valence-corrected chi connectivity index (χ4v) is 6.40. The largest absolute Gasteiger partial charge is 0.464 e. The summed E-state index contributed by atoms with van der Waals surface area (Å²) in [6.45, 7) is 5.40. The molecule has 5 rings (SSSR count). The Balaban J connectivity index is 0.970. The number of methoxy groups -OCH3 is 1. The van der Waals surface area contributed by atoms with Gasteiger partial charge in [0.2, 0.25) is 5.91 Å². The second-order valence-electron chi connectivity index (χ2n) is 11.0. The third kappa shape index (κ3) is 6.36. The minimum absolute atomic E-state index is 0.271. The second kappa shape index (κ2) is 11.7. The molecule has 0 aromatic carbocycles. The number of ether oxygens (including phenoxy) is 1. The molecule has 0 spiro atoms. The van der Waals surface area contributed by atoms with E-state index in [1.54, 1.807) is 13.4 Å². The number of rotatable bonds is 8. The van der Waals surface area contributed by atoms with Gasteiger partial charge in [0.05, 0.1) is 17.8 Å². The van der Waals surface area contributed by atoms with Gasteiger partial charge in [-0.1, -0.05) is 0 Å². The van der Waals surface area contributed by atoms with Gasteiger partial charge in [0.15, 0.2) is 0 Å². The lowest BCUT2D eigenvalue weighted by molar-refractivity contribution is -0.123. The molecule has 2 saturated carbocycles. The van der Waals surface area contributed by atoms with Crippen molar-refractivity contribution >= 4 is 22.7 Å². The Morgan fingerprint density at radius 2 is 1.77 bits per heavy atom. The topological polar surface area (TPSA) is 70.8 Å². The summed E-state index contributed by atoms with van der Waals surface area (Å²) >= 11 is 0. The average Bonchev–Trinajstić information content (AvgIpc) is 3.38. The number of fused-ring (bicyclic) bond motifs is 1. The summed E-state index contributed by atoms with van der Waals surface area (Å²) in [6.07, 6.45) is 15.2. The van der Waals surface area contributed by atoms with Crippen LogP contribution in [0.3, 0.4) is 0 Å². The van der Waals surface area contributed by atoms with Crippen LogP contribution in [0.4, 0.5) is 5.82 Å². The molecule has 3 heterocycles. The lowest BCUT2D eigenvalue weighted by Crippen LogP contribution is -2.47. The number of nitrogens with zero attached hydrogens (tertiary/aromatic N) is 3. The van der Waals surface area contributed by atoms with Crippen molar-refractivity contribution in [3.8, 4) is 0 Å². The van der Waals surface area contributed by atoms with E-state index in [9.17, 15) is 4.79 Å². The standard InChI is InChI=1S/C28H42N4O3/c1-34-24-8-4-22(5-9-24)20-27(33)30-23-6-2-21(3-7-23)11-14-31-15-17-32(18-16-31)28-25-12-19-35-26(25)10-13-29-28/h10,12-13,19,21-24H,2-9,11,14-18,20H2,1H3,(H,30,33). The van der Waals surface area contributed by atoms with E-state index in [-0.39, 0.29) is 5.91 Å². The number of carbonyl (C=O) groups excluding carboxylic acids is 1. The van der Waals surface area contributed by atoms with Crippen LogP contribution in [0.2, 0.25) is 0 Å². The van der Waals surface area contributed by atoms with E-state index in [4.69, 9.17) is 9.15 Å². The maximum Gasteiger partial charge on any atom is 0.220 e. The van der Waals surface area contributed by atoms with E-state index in [0.29, 0.717) is 24.5 Å². The van der Waals surface area contributed by atoms with E-state index in [1.165, 1.54) is 25.8 Å². The van der Waals surface area contributed by atoms with Crippen molar-refractivity contribution in [2.45, 2.75) is 76.4 Å². The van der Waals surface area contributed by atoms with Crippen molar-refractivity contribution in [1.29, 1.82) is 0 Å². The number of piperazine rings is 1. The summed E-state index contributed by atoms with van der Waals surface area (Å²) < 4.78 is 11.0. The molecule has 1 N–H and O–H groups in total. The van der Waals surface area contributed by atoms with Gasteiger partial charge in [-0.3, -0.25) is 9.69 Å². The van der Waals surface area contributed by atoms with Gasteiger partial charge in [0.1, 0.15) is 11.4 Å². The molecular formula is C28H42N4O3. The third-order valence-corrected chi connectivity index (χ3v) is 8.70. The Morgan fingerprint density at radius 3 is 2.51 bits per heavy atom. The fraction of sp³-hybridized carbons (Fsp3) is 0.714. The van der Waals surface area contributed by atoms with Crippen LogP contribution in [0.5, 0.6) is 0 Å². The summed E-state index contributed by atoms with van der Waals surface area (Å²) in [7, 11) is 1.80. The second-order valence-corrected chi connectivity index (χ2v) is 11.0. The van der Waals surface area contributed by atoms with Crippen LogP contribution in [-0.2, 0) is 9.53 Å². The van der Waals surface area contributed by atoms with Crippen LogP contribution in [0.25, 0.3) is 11.0 Å². The van der Waals surface area contributed by atoms with Crippen molar-refractivity contribution in [3.05, 3.63) is 24.6 Å². The smallest absolute Gasteiger partial charge is 0.220 e. The van der Waals surface area contributed by atoms with E-state index in [1.807, 2.05) is 18.3 Å². The van der Waals surface area contributed by atoms with Crippen molar-refractivity contribution in [3.63, 3.8) is 0 Å². The zero-order chi connectivity index (χ0) is 24.0. The molecule has 0 radical (unpaired) electrons. The molecule has 1 saturated heterocycles. The minimum Gasteiger partial charge on any atom is -0.464 e. The van der Waals surface area contributed by atoms with Crippen LogP contribution in [-0.4, -0.2) is 67.8 Å². The summed E-state index contributed by atoms with van der Waals surface area (Å²) in [5.41, 5.74) is 0.915. The number of hydrogen-bond acceptors (Lipinski definition) is 6. The van der Waals surface area contributed by atoms with Gasteiger partial charge in [-0.2, -0.15) is 0 Å². The normalized spacial score (nSPS) is 28.3. The maximum atomic E-state index is 12.6. The molecule has 1 aliphatic heterocycles. The van der Waals surface area contributed by atoms with Crippen LogP contribution in [0, 0.1) is 11.8 Å². The van der Waals surface area contributed by atoms with Crippen molar-refractivity contribution < 1.29 is 13.9 Å². The molecule has 3 fully saturated rings. The summed E-state index contributed by atoms with van der Waals surface area (Å²) in [5.74, 6) is 2.67. The lowest BCUT2D eigenvalue weighted by atomic mass is 9.83. The summed E-state index contributed by atoms with van der Waals surface area (Å²) in [4.78, 5) is 22.2. The predicted molar refractivity (Wildman–Crippen MR) is 139 cm³/mol. The zero-order valence-electron chi connectivity index (χ0n) is 21.3. The number of amides is 1. The Kier molecular flexibility index (Phi) is 8.24. The highest BCUT2D eigenvalue weighted by Gasteiger charge is 2.27. The monoisotopic (exact) mass is 482 g/mol. The van der Waals surface area contributed by atoms with Gasteiger partial charge < -0.3 is 19.4 Å². The molecular weight excluding hydrogens is 440 g/mol. The molecule has 0 unspecified atom stereocenters. The Bertz CT molecular complexity index is 939. The highest BCUT2D eigenvalue weighted by atomic mass is 16.5. The van der Waals surface area contributed by atoms with E-state index >= 15 is 0 Å². The van der Waals surface area contributed by atoms with Crippen molar-refractivity contribution in [1.82, 2.24) is 15.2 Å². The van der Waals surface area contributed by atoms with Gasteiger partial charge in [0, 0.05) is 51.9 Å². The van der Waals surface area contributed by atoms with Gasteiger partial charge >= 0.3 is 0 Å². The Morgan fingerprint density at radius 1 is 1.03 bits per heavy atom. The average molecular weight is 483 g/mol. The third-order valence-electron chi connectivity index (χ3n) is 8.70. The molecule has 0 bridgehead atoms. The number of anilines is 1. The molecule has 192 valence electrons. The van der Waals surface area contributed by atoms with Gasteiger partial charge in [-0.25, -0.2) is 4.98 Å². The first kappa shape index (κ1) is 24.6. The molecule has 1 amide bonds. The summed E-state index contributed by atoms with van der Waals surface area (Å²) in [5, 5.41) is 4.46. The first-order valence-corrected chi connectivity index (χ1v) is 13.8. The Labute approximate surface area is 209 Å².